The third-order valence-electron chi connectivity index (χ3n) is 4.98. The van der Waals surface area contributed by atoms with Gasteiger partial charge in [0.25, 0.3) is 11.8 Å². The number of rotatable bonds is 6. The van der Waals surface area contributed by atoms with Crippen LogP contribution in [-0.4, -0.2) is 49.1 Å². The summed E-state index contributed by atoms with van der Waals surface area (Å²) < 4.78 is 67.5. The van der Waals surface area contributed by atoms with Crippen molar-refractivity contribution in [2.45, 2.75) is 12.8 Å². The van der Waals surface area contributed by atoms with E-state index in [4.69, 9.17) is 11.6 Å². The van der Waals surface area contributed by atoms with Crippen LogP contribution in [-0.2, 0) is 10.0 Å². The number of pyridine rings is 1. The Balaban J connectivity index is 1.54. The van der Waals surface area contributed by atoms with Crippen molar-refractivity contribution in [3.63, 3.8) is 0 Å². The monoisotopic (exact) mass is 513 g/mol. The van der Waals surface area contributed by atoms with Crippen molar-refractivity contribution in [3.05, 3.63) is 64.8 Å². The summed E-state index contributed by atoms with van der Waals surface area (Å²) in [6, 6.07) is 6.86. The van der Waals surface area contributed by atoms with Crippen LogP contribution < -0.4 is 14.9 Å². The molecule has 0 spiro atoms. The van der Waals surface area contributed by atoms with Crippen molar-refractivity contribution in [1.29, 1.82) is 0 Å². The molecule has 0 aliphatic carbocycles. The van der Waals surface area contributed by atoms with E-state index in [0.29, 0.717) is 5.69 Å². The summed E-state index contributed by atoms with van der Waals surface area (Å²) in [6.07, 6.45) is 3.67. The summed E-state index contributed by atoms with van der Waals surface area (Å²) in [4.78, 5) is 18.1. The molecule has 180 valence electrons. The number of amides is 1. The maximum absolute atomic E-state index is 14.7. The minimum Gasteiger partial charge on any atom is -0.358 e. The maximum Gasteiger partial charge on any atom is 0.282 e. The first kappa shape index (κ1) is 23.9. The molecule has 1 aliphatic heterocycles. The van der Waals surface area contributed by atoms with Crippen molar-refractivity contribution < 1.29 is 26.4 Å². The van der Waals surface area contributed by atoms with E-state index >= 15 is 0 Å². The predicted octanol–water partition coefficient (Wildman–Crippen LogP) is 4.05. The summed E-state index contributed by atoms with van der Waals surface area (Å²) in [5, 5.41) is 2.81. The zero-order valence-electron chi connectivity index (χ0n) is 17.9. The Kier molecular flexibility index (Phi) is 5.98. The molecule has 4 rings (SSSR count). The number of aromatic nitrogens is 2. The summed E-state index contributed by atoms with van der Waals surface area (Å²) in [5.74, 6) is -4.16. The molecule has 3 aromatic rings. The molecule has 13 heteroatoms. The fourth-order valence-electron chi connectivity index (χ4n) is 3.53. The Bertz CT molecular complexity index is 1390. The molecule has 1 aliphatic rings. The number of hydrogen-bond donors (Lipinski definition) is 2. The van der Waals surface area contributed by atoms with Gasteiger partial charge in [0.1, 0.15) is 0 Å². The van der Waals surface area contributed by atoms with Gasteiger partial charge >= 0.3 is 0 Å². The van der Waals surface area contributed by atoms with Crippen molar-refractivity contribution in [3.8, 4) is 5.82 Å². The molecule has 0 unspecified atom stereocenters. The number of alkyl halides is 2. The molecular weight excluding hydrogens is 495 g/mol. The number of benzene rings is 1. The molecular formula is C21H19ClF3N5O3S. The Morgan fingerprint density at radius 2 is 1.82 bits per heavy atom. The average molecular weight is 514 g/mol. The topological polar surface area (TPSA) is 96.3 Å². The van der Waals surface area contributed by atoms with E-state index in [0.717, 1.165) is 12.3 Å². The molecule has 0 atom stereocenters. The van der Waals surface area contributed by atoms with Gasteiger partial charge in [-0.05, 0) is 31.2 Å². The summed E-state index contributed by atoms with van der Waals surface area (Å²) in [5.41, 5.74) is 1.35. The van der Waals surface area contributed by atoms with Crippen LogP contribution in [0.1, 0.15) is 16.1 Å². The van der Waals surface area contributed by atoms with Gasteiger partial charge in [-0.25, -0.2) is 26.6 Å². The van der Waals surface area contributed by atoms with Gasteiger partial charge in [-0.15, -0.1) is 0 Å². The van der Waals surface area contributed by atoms with Gasteiger partial charge in [0.15, 0.2) is 11.6 Å². The number of carbonyl (C=O) groups excluding carboxylic acids is 1. The van der Waals surface area contributed by atoms with Gasteiger partial charge in [-0.3, -0.25) is 9.52 Å². The lowest BCUT2D eigenvalue weighted by molar-refractivity contribution is -0.0263. The van der Waals surface area contributed by atoms with Crippen molar-refractivity contribution in [1.82, 2.24) is 9.55 Å². The van der Waals surface area contributed by atoms with Crippen molar-refractivity contribution in [2.24, 2.45) is 0 Å². The largest absolute Gasteiger partial charge is 0.358 e. The third kappa shape index (κ3) is 5.28. The van der Waals surface area contributed by atoms with Crippen LogP contribution in [0.4, 0.5) is 30.2 Å². The van der Waals surface area contributed by atoms with Gasteiger partial charge in [0.2, 0.25) is 10.0 Å². The maximum atomic E-state index is 14.7. The smallest absolute Gasteiger partial charge is 0.282 e. The Morgan fingerprint density at radius 1 is 1.15 bits per heavy atom. The standard InChI is InChI=1S/C21H19ClF3N5O3S/c1-12-3-13(20(31)27-15-4-14(22)5-16(6-15)28-34(2,32)33)9-30(12)19-18(23)7-17(8-26-19)29-10-21(24,25)11-29/h3-9,28H,10-11H2,1-2H3,(H,27,31). The van der Waals surface area contributed by atoms with Gasteiger partial charge in [-0.1, -0.05) is 11.6 Å². The van der Waals surface area contributed by atoms with Crippen LogP contribution in [0.15, 0.2) is 42.7 Å². The number of anilines is 3. The van der Waals surface area contributed by atoms with E-state index in [1.807, 2.05) is 0 Å². The van der Waals surface area contributed by atoms with E-state index in [1.165, 1.54) is 46.1 Å². The zero-order chi connectivity index (χ0) is 24.8. The second-order valence-corrected chi connectivity index (χ2v) is 10.2. The highest BCUT2D eigenvalue weighted by Crippen LogP contribution is 2.32. The lowest BCUT2D eigenvalue weighted by Crippen LogP contribution is -2.56. The van der Waals surface area contributed by atoms with Crippen LogP contribution in [0, 0.1) is 12.7 Å². The minimum absolute atomic E-state index is 0.0880. The first-order valence-electron chi connectivity index (χ1n) is 9.87. The molecule has 1 amide bonds. The molecule has 8 nitrogen and oxygen atoms in total. The second kappa shape index (κ2) is 8.51. The highest BCUT2D eigenvalue weighted by Gasteiger charge is 2.44. The summed E-state index contributed by atoms with van der Waals surface area (Å²) >= 11 is 6.02. The highest BCUT2D eigenvalue weighted by molar-refractivity contribution is 7.92. The van der Waals surface area contributed by atoms with Crippen LogP contribution in [0.5, 0.6) is 0 Å². The second-order valence-electron chi connectivity index (χ2n) is 8.01. The van der Waals surface area contributed by atoms with Crippen LogP contribution in [0.3, 0.4) is 0 Å². The number of nitrogens with one attached hydrogen (secondary N) is 2. The molecule has 1 saturated heterocycles. The number of hydrogen-bond acceptors (Lipinski definition) is 5. The molecule has 3 heterocycles. The van der Waals surface area contributed by atoms with E-state index in [9.17, 15) is 26.4 Å². The van der Waals surface area contributed by atoms with E-state index in [-0.39, 0.29) is 33.5 Å². The number of aryl methyl sites for hydroxylation is 1. The molecule has 1 aromatic carbocycles. The van der Waals surface area contributed by atoms with E-state index in [1.54, 1.807) is 6.92 Å². The lowest BCUT2D eigenvalue weighted by Gasteiger charge is -2.40. The van der Waals surface area contributed by atoms with Crippen molar-refractivity contribution >= 4 is 44.6 Å². The van der Waals surface area contributed by atoms with Crippen LogP contribution >= 0.6 is 11.6 Å². The molecule has 0 saturated carbocycles. The number of sulfonamides is 1. The first-order chi connectivity index (χ1) is 15.8. The number of carbonyl (C=O) groups is 1. The Labute approximate surface area is 198 Å². The molecule has 0 radical (unpaired) electrons. The summed E-state index contributed by atoms with van der Waals surface area (Å²) in [7, 11) is -3.55. The highest BCUT2D eigenvalue weighted by atomic mass is 35.5. The molecule has 0 bridgehead atoms. The normalized spacial score (nSPS) is 15.1. The van der Waals surface area contributed by atoms with E-state index < -0.39 is 40.8 Å². The average Bonchev–Trinajstić information content (AvgIpc) is 3.05. The predicted molar refractivity (Wildman–Crippen MR) is 123 cm³/mol. The molecule has 2 N–H and O–H groups in total. The minimum atomic E-state index is -3.55. The first-order valence-corrected chi connectivity index (χ1v) is 12.1. The Morgan fingerprint density at radius 3 is 2.44 bits per heavy atom. The molecule has 34 heavy (non-hydrogen) atoms. The number of nitrogens with zero attached hydrogens (tertiary/aromatic N) is 3. The Hall–Kier alpha value is -3.25. The van der Waals surface area contributed by atoms with Crippen LogP contribution in [0.2, 0.25) is 5.02 Å². The lowest BCUT2D eigenvalue weighted by atomic mass is 10.1. The molecule has 1 fully saturated rings. The third-order valence-corrected chi connectivity index (χ3v) is 5.80. The van der Waals surface area contributed by atoms with E-state index in [2.05, 4.69) is 15.0 Å². The zero-order valence-corrected chi connectivity index (χ0v) is 19.5. The fraction of sp³-hybridized carbons (Fsp3) is 0.238. The SMILES string of the molecule is Cc1cc(C(=O)Nc2cc(Cl)cc(NS(C)(=O)=O)c2)cn1-c1ncc(N2CC(F)(F)C2)cc1F. The number of halogens is 4. The quantitative estimate of drug-likeness (QED) is 0.518. The molecule has 2 aromatic heterocycles. The van der Waals surface area contributed by atoms with Gasteiger partial charge in [0, 0.05) is 28.7 Å². The van der Waals surface area contributed by atoms with Crippen molar-refractivity contribution in [2.75, 3.05) is 34.3 Å². The van der Waals surface area contributed by atoms with Gasteiger partial charge in [0.05, 0.1) is 42.5 Å². The van der Waals surface area contributed by atoms with Crippen LogP contribution in [0.25, 0.3) is 5.82 Å². The summed E-state index contributed by atoms with van der Waals surface area (Å²) in [6.45, 7) is 0.659. The fourth-order valence-corrected chi connectivity index (χ4v) is 4.31. The van der Waals surface area contributed by atoms with Gasteiger partial charge in [-0.2, -0.15) is 0 Å². The van der Waals surface area contributed by atoms with Gasteiger partial charge < -0.3 is 14.8 Å².